The molecule has 1 aromatic heterocycles. The maximum Gasteiger partial charge on any atom is 0.416 e. The maximum absolute atomic E-state index is 12.8. The molecule has 0 spiro atoms. The van der Waals surface area contributed by atoms with Crippen LogP contribution in [0.2, 0.25) is 0 Å². The number of ether oxygens (including phenoxy) is 1. The van der Waals surface area contributed by atoms with Crippen LogP contribution in [0.25, 0.3) is 0 Å². The number of carbonyl (C=O) groups is 1. The molecule has 0 radical (unpaired) electrons. The average Bonchev–Trinajstić information content (AvgIpc) is 2.53. The smallest absolute Gasteiger partial charge is 0.416 e. The monoisotopic (exact) mass is 353 g/mol. The lowest BCUT2D eigenvalue weighted by atomic mass is 10.2. The SMILES string of the molecule is C[C@H](N)CC(=O)NCc1cccnc1Oc1cccc(C(F)(F)F)c1. The van der Waals surface area contributed by atoms with Gasteiger partial charge in [0, 0.05) is 30.8 Å². The van der Waals surface area contributed by atoms with Crippen molar-refractivity contribution in [3.05, 3.63) is 53.7 Å². The van der Waals surface area contributed by atoms with E-state index < -0.39 is 11.7 Å². The zero-order valence-corrected chi connectivity index (χ0v) is 13.5. The largest absolute Gasteiger partial charge is 0.439 e. The lowest BCUT2D eigenvalue weighted by molar-refractivity contribution is -0.137. The summed E-state index contributed by atoms with van der Waals surface area (Å²) in [5.74, 6) is -0.0940. The molecule has 3 N–H and O–H groups in total. The minimum absolute atomic E-state index is 0.0108. The summed E-state index contributed by atoms with van der Waals surface area (Å²) in [7, 11) is 0. The Morgan fingerprint density at radius 3 is 2.76 bits per heavy atom. The molecule has 5 nitrogen and oxygen atoms in total. The summed E-state index contributed by atoms with van der Waals surface area (Å²) in [5.41, 5.74) is 5.28. The van der Waals surface area contributed by atoms with Gasteiger partial charge >= 0.3 is 6.18 Å². The molecule has 0 unspecified atom stereocenters. The van der Waals surface area contributed by atoms with Crippen molar-refractivity contribution in [2.45, 2.75) is 32.1 Å². The van der Waals surface area contributed by atoms with Gasteiger partial charge in [0.1, 0.15) is 5.75 Å². The van der Waals surface area contributed by atoms with Crippen molar-refractivity contribution in [2.24, 2.45) is 5.73 Å². The molecule has 0 fully saturated rings. The van der Waals surface area contributed by atoms with Gasteiger partial charge in [-0.05, 0) is 31.2 Å². The number of nitrogens with one attached hydrogen (secondary N) is 1. The molecule has 1 heterocycles. The fourth-order valence-corrected chi connectivity index (χ4v) is 2.06. The summed E-state index contributed by atoms with van der Waals surface area (Å²) in [6.07, 6.45) is -2.83. The van der Waals surface area contributed by atoms with Crippen LogP contribution < -0.4 is 15.8 Å². The minimum Gasteiger partial charge on any atom is -0.439 e. The van der Waals surface area contributed by atoms with Crippen LogP contribution in [-0.2, 0) is 17.5 Å². The van der Waals surface area contributed by atoms with Gasteiger partial charge in [-0.25, -0.2) is 4.98 Å². The van der Waals surface area contributed by atoms with Gasteiger partial charge in [-0.15, -0.1) is 0 Å². The van der Waals surface area contributed by atoms with Gasteiger partial charge < -0.3 is 15.8 Å². The van der Waals surface area contributed by atoms with Crippen LogP contribution in [0.5, 0.6) is 11.6 Å². The standard InChI is InChI=1S/C17H18F3N3O2/c1-11(21)8-15(24)23-10-12-4-3-7-22-16(12)25-14-6-2-5-13(9-14)17(18,19)20/h2-7,9,11H,8,10,21H2,1H3,(H,23,24)/t11-/m0/s1. The van der Waals surface area contributed by atoms with Gasteiger partial charge in [-0.1, -0.05) is 12.1 Å². The van der Waals surface area contributed by atoms with Crippen LogP contribution in [0.1, 0.15) is 24.5 Å². The predicted octanol–water partition coefficient (Wildman–Crippen LogP) is 3.25. The molecule has 2 rings (SSSR count). The first kappa shape index (κ1) is 18.7. The van der Waals surface area contributed by atoms with Crippen LogP contribution in [0, 0.1) is 0 Å². The molecule has 0 bridgehead atoms. The van der Waals surface area contributed by atoms with Crippen LogP contribution in [0.4, 0.5) is 13.2 Å². The number of amides is 1. The highest BCUT2D eigenvalue weighted by Gasteiger charge is 2.30. The molecule has 0 aliphatic heterocycles. The Morgan fingerprint density at radius 2 is 2.08 bits per heavy atom. The number of hydrogen-bond acceptors (Lipinski definition) is 4. The Balaban J connectivity index is 2.12. The minimum atomic E-state index is -4.46. The van der Waals surface area contributed by atoms with E-state index in [1.165, 1.54) is 18.3 Å². The van der Waals surface area contributed by atoms with Crippen LogP contribution in [0.15, 0.2) is 42.6 Å². The zero-order chi connectivity index (χ0) is 18.4. The number of aromatic nitrogens is 1. The van der Waals surface area contributed by atoms with E-state index in [0.717, 1.165) is 12.1 Å². The number of hydrogen-bond donors (Lipinski definition) is 2. The zero-order valence-electron chi connectivity index (χ0n) is 13.5. The number of rotatable bonds is 6. The number of carbonyl (C=O) groups excluding carboxylic acids is 1. The Hall–Kier alpha value is -2.61. The quantitative estimate of drug-likeness (QED) is 0.836. The van der Waals surface area contributed by atoms with Gasteiger partial charge in [0.2, 0.25) is 11.8 Å². The molecule has 8 heteroatoms. The number of alkyl halides is 3. The topological polar surface area (TPSA) is 77.2 Å². The molecule has 1 atom stereocenters. The van der Waals surface area contributed by atoms with Crippen molar-refractivity contribution < 1.29 is 22.7 Å². The highest BCUT2D eigenvalue weighted by Crippen LogP contribution is 2.32. The lowest BCUT2D eigenvalue weighted by Gasteiger charge is -2.13. The van der Waals surface area contributed by atoms with Gasteiger partial charge in [0.15, 0.2) is 0 Å². The van der Waals surface area contributed by atoms with Crippen molar-refractivity contribution in [3.63, 3.8) is 0 Å². The van der Waals surface area contributed by atoms with E-state index in [1.54, 1.807) is 19.1 Å². The van der Waals surface area contributed by atoms with Crippen LogP contribution >= 0.6 is 0 Å². The Bertz CT molecular complexity index is 733. The Kier molecular flexibility index (Phi) is 5.97. The number of nitrogens with two attached hydrogens (primary N) is 1. The summed E-state index contributed by atoms with van der Waals surface area (Å²) in [6.45, 7) is 1.85. The highest BCUT2D eigenvalue weighted by molar-refractivity contribution is 5.76. The first-order valence-corrected chi connectivity index (χ1v) is 7.57. The van der Waals surface area contributed by atoms with Crippen LogP contribution in [-0.4, -0.2) is 16.9 Å². The van der Waals surface area contributed by atoms with E-state index in [4.69, 9.17) is 10.5 Å². The highest BCUT2D eigenvalue weighted by atomic mass is 19.4. The average molecular weight is 353 g/mol. The third-order valence-electron chi connectivity index (χ3n) is 3.21. The first-order valence-electron chi connectivity index (χ1n) is 7.57. The van der Waals surface area contributed by atoms with Crippen molar-refractivity contribution in [2.75, 3.05) is 0 Å². The molecule has 0 saturated carbocycles. The second-order valence-corrected chi connectivity index (χ2v) is 5.55. The maximum atomic E-state index is 12.8. The van der Waals surface area contributed by atoms with Gasteiger partial charge in [0.25, 0.3) is 0 Å². The molecule has 25 heavy (non-hydrogen) atoms. The van der Waals surface area contributed by atoms with Gasteiger partial charge in [-0.2, -0.15) is 13.2 Å². The molecule has 0 aliphatic carbocycles. The number of nitrogens with zero attached hydrogens (tertiary/aromatic N) is 1. The van der Waals surface area contributed by atoms with Gasteiger partial charge in [0.05, 0.1) is 5.56 Å². The molecule has 1 amide bonds. The second kappa shape index (κ2) is 7.98. The van der Waals surface area contributed by atoms with E-state index in [9.17, 15) is 18.0 Å². The van der Waals surface area contributed by atoms with Crippen LogP contribution in [0.3, 0.4) is 0 Å². The van der Waals surface area contributed by atoms with Crippen molar-refractivity contribution in [1.82, 2.24) is 10.3 Å². The fourth-order valence-electron chi connectivity index (χ4n) is 2.06. The molecular formula is C17H18F3N3O2. The summed E-state index contributed by atoms with van der Waals surface area (Å²) in [6, 6.07) is 7.56. The summed E-state index contributed by atoms with van der Waals surface area (Å²) in [4.78, 5) is 15.7. The number of benzene rings is 1. The Morgan fingerprint density at radius 1 is 1.32 bits per heavy atom. The summed E-state index contributed by atoms with van der Waals surface area (Å²) >= 11 is 0. The molecule has 1 aromatic carbocycles. The normalized spacial score (nSPS) is 12.5. The molecule has 2 aromatic rings. The van der Waals surface area contributed by atoms with E-state index >= 15 is 0 Å². The van der Waals surface area contributed by atoms with Crippen molar-refractivity contribution >= 4 is 5.91 Å². The molecule has 134 valence electrons. The lowest BCUT2D eigenvalue weighted by Crippen LogP contribution is -2.29. The van der Waals surface area contributed by atoms with E-state index in [1.807, 2.05) is 0 Å². The molecule has 0 saturated heterocycles. The predicted molar refractivity (Wildman–Crippen MR) is 85.9 cm³/mol. The number of pyridine rings is 1. The second-order valence-electron chi connectivity index (χ2n) is 5.55. The molecule has 0 aliphatic rings. The summed E-state index contributed by atoms with van der Waals surface area (Å²) in [5, 5.41) is 2.67. The summed E-state index contributed by atoms with van der Waals surface area (Å²) < 4.78 is 43.8. The van der Waals surface area contributed by atoms with Crippen molar-refractivity contribution in [1.29, 1.82) is 0 Å². The first-order chi connectivity index (χ1) is 11.8. The number of halogens is 3. The van der Waals surface area contributed by atoms with Gasteiger partial charge in [-0.3, -0.25) is 4.79 Å². The Labute approximate surface area is 143 Å². The fraction of sp³-hybridized carbons (Fsp3) is 0.294. The van der Waals surface area contributed by atoms with E-state index in [2.05, 4.69) is 10.3 Å². The third-order valence-corrected chi connectivity index (χ3v) is 3.21. The third kappa shape index (κ3) is 5.75. The van der Waals surface area contributed by atoms with E-state index in [0.29, 0.717) is 5.56 Å². The molecular weight excluding hydrogens is 335 g/mol. The van der Waals surface area contributed by atoms with Crippen molar-refractivity contribution in [3.8, 4) is 11.6 Å². The van der Waals surface area contributed by atoms with E-state index in [-0.39, 0.29) is 36.5 Å².